The van der Waals surface area contributed by atoms with E-state index >= 15 is 0 Å². The van der Waals surface area contributed by atoms with Crippen LogP contribution in [0.25, 0.3) is 5.69 Å². The van der Waals surface area contributed by atoms with Crippen LogP contribution in [0.4, 0.5) is 0 Å². The molecule has 6 heteroatoms. The van der Waals surface area contributed by atoms with Gasteiger partial charge >= 0.3 is 5.69 Å². The van der Waals surface area contributed by atoms with E-state index in [0.717, 1.165) is 0 Å². The van der Waals surface area contributed by atoms with Gasteiger partial charge in [-0.05, 0) is 30.7 Å². The second-order valence-corrected chi connectivity index (χ2v) is 4.60. The lowest BCUT2D eigenvalue weighted by Gasteiger charge is -2.02. The first-order chi connectivity index (χ1) is 9.63. The highest BCUT2D eigenvalue weighted by Gasteiger charge is 2.20. The van der Waals surface area contributed by atoms with Gasteiger partial charge in [0.15, 0.2) is 11.4 Å². The van der Waals surface area contributed by atoms with Crippen LogP contribution in [0.1, 0.15) is 24.7 Å². The van der Waals surface area contributed by atoms with Crippen LogP contribution < -0.4 is 5.69 Å². The van der Waals surface area contributed by atoms with Gasteiger partial charge in [0.1, 0.15) is 12.1 Å². The summed E-state index contributed by atoms with van der Waals surface area (Å²) in [7, 11) is 0. The van der Waals surface area contributed by atoms with Crippen molar-refractivity contribution >= 4 is 11.6 Å². The first-order valence-electron chi connectivity index (χ1n) is 6.05. The molecule has 0 amide bonds. The smallest absolute Gasteiger partial charge is 0.282 e. The minimum absolute atomic E-state index is 0.0493. The lowest BCUT2D eigenvalue weighted by Crippen LogP contribution is -2.24. The number of nitrogens with zero attached hydrogens (tertiary/aromatic N) is 4. The molecule has 0 aliphatic heterocycles. The monoisotopic (exact) mass is 286 g/mol. The van der Waals surface area contributed by atoms with Gasteiger partial charge in [-0.3, -0.25) is 9.13 Å². The SMILES string of the molecule is CCCn1c(C#N)c(C#N)n(-c2ccc(Cl)cc2)c1=O. The normalized spacial score (nSPS) is 10.0. The molecule has 0 aliphatic rings. The summed E-state index contributed by atoms with van der Waals surface area (Å²) in [6, 6.07) is 10.4. The van der Waals surface area contributed by atoms with Crippen molar-refractivity contribution in [2.24, 2.45) is 0 Å². The van der Waals surface area contributed by atoms with Crippen molar-refractivity contribution < 1.29 is 0 Å². The Morgan fingerprint density at radius 3 is 2.25 bits per heavy atom. The van der Waals surface area contributed by atoms with Crippen LogP contribution in [0.15, 0.2) is 29.1 Å². The van der Waals surface area contributed by atoms with E-state index < -0.39 is 0 Å². The van der Waals surface area contributed by atoms with Gasteiger partial charge in [0, 0.05) is 11.6 Å². The van der Waals surface area contributed by atoms with E-state index in [1.807, 2.05) is 19.1 Å². The van der Waals surface area contributed by atoms with E-state index in [-0.39, 0.29) is 17.1 Å². The van der Waals surface area contributed by atoms with Crippen molar-refractivity contribution in [3.63, 3.8) is 0 Å². The Balaban J connectivity index is 2.77. The van der Waals surface area contributed by atoms with E-state index in [0.29, 0.717) is 23.7 Å². The van der Waals surface area contributed by atoms with Crippen LogP contribution in [-0.4, -0.2) is 9.13 Å². The van der Waals surface area contributed by atoms with Gasteiger partial charge in [-0.15, -0.1) is 0 Å². The predicted octanol–water partition coefficient (Wildman–Crippen LogP) is 2.45. The Kier molecular flexibility index (Phi) is 3.93. The van der Waals surface area contributed by atoms with Gasteiger partial charge in [-0.1, -0.05) is 18.5 Å². The lowest BCUT2D eigenvalue weighted by molar-refractivity contribution is 0.641. The maximum absolute atomic E-state index is 12.4. The minimum atomic E-state index is -0.387. The number of halogens is 1. The van der Waals surface area contributed by atoms with Crippen molar-refractivity contribution in [1.82, 2.24) is 9.13 Å². The van der Waals surface area contributed by atoms with Crippen LogP contribution in [0.5, 0.6) is 0 Å². The molecule has 1 heterocycles. The zero-order valence-electron chi connectivity index (χ0n) is 10.8. The number of rotatable bonds is 3. The third-order valence-corrected chi connectivity index (χ3v) is 3.14. The highest BCUT2D eigenvalue weighted by molar-refractivity contribution is 6.30. The summed E-state index contributed by atoms with van der Waals surface area (Å²) >= 11 is 5.82. The molecule has 0 spiro atoms. The summed E-state index contributed by atoms with van der Waals surface area (Å²) in [6.45, 7) is 2.30. The number of imidazole rings is 1. The second kappa shape index (κ2) is 5.64. The number of hydrogen-bond donors (Lipinski definition) is 0. The maximum Gasteiger partial charge on any atom is 0.334 e. The average Bonchev–Trinajstić information content (AvgIpc) is 2.72. The van der Waals surface area contributed by atoms with Gasteiger partial charge in [-0.2, -0.15) is 10.5 Å². The fraction of sp³-hybridized carbons (Fsp3) is 0.214. The maximum atomic E-state index is 12.4. The quantitative estimate of drug-likeness (QED) is 0.870. The molecule has 2 aromatic rings. The largest absolute Gasteiger partial charge is 0.334 e. The molecular formula is C14H11ClN4O. The molecule has 100 valence electrons. The van der Waals surface area contributed by atoms with Gasteiger partial charge in [0.05, 0.1) is 5.69 Å². The zero-order chi connectivity index (χ0) is 14.7. The molecule has 0 bridgehead atoms. The van der Waals surface area contributed by atoms with Crippen LogP contribution >= 0.6 is 11.6 Å². The molecular weight excluding hydrogens is 276 g/mol. The number of aromatic nitrogens is 2. The zero-order valence-corrected chi connectivity index (χ0v) is 11.6. The molecule has 0 saturated heterocycles. The van der Waals surface area contributed by atoms with E-state index in [4.69, 9.17) is 11.6 Å². The van der Waals surface area contributed by atoms with Crippen molar-refractivity contribution in [3.8, 4) is 17.8 Å². The highest BCUT2D eigenvalue weighted by atomic mass is 35.5. The molecule has 0 atom stereocenters. The molecule has 0 fully saturated rings. The summed E-state index contributed by atoms with van der Waals surface area (Å²) in [5, 5.41) is 19.0. The molecule has 0 N–H and O–H groups in total. The van der Waals surface area contributed by atoms with Crippen LogP contribution in [0.2, 0.25) is 5.02 Å². The molecule has 0 radical (unpaired) electrons. The third kappa shape index (κ3) is 2.20. The Morgan fingerprint density at radius 1 is 1.15 bits per heavy atom. The summed E-state index contributed by atoms with van der Waals surface area (Å²) in [6.07, 6.45) is 0.698. The average molecular weight is 287 g/mol. The van der Waals surface area contributed by atoms with Gasteiger partial charge < -0.3 is 0 Å². The highest BCUT2D eigenvalue weighted by Crippen LogP contribution is 2.16. The molecule has 0 saturated carbocycles. The van der Waals surface area contributed by atoms with Gasteiger partial charge in [0.25, 0.3) is 0 Å². The van der Waals surface area contributed by atoms with E-state index in [9.17, 15) is 15.3 Å². The molecule has 20 heavy (non-hydrogen) atoms. The molecule has 5 nitrogen and oxygen atoms in total. The molecule has 2 rings (SSSR count). The van der Waals surface area contributed by atoms with E-state index in [1.165, 1.54) is 9.13 Å². The Morgan fingerprint density at radius 2 is 1.75 bits per heavy atom. The van der Waals surface area contributed by atoms with Crippen molar-refractivity contribution in [1.29, 1.82) is 10.5 Å². The Bertz CT molecular complexity index is 772. The molecule has 0 unspecified atom stereocenters. The fourth-order valence-corrected chi connectivity index (χ4v) is 2.15. The Hall–Kier alpha value is -2.50. The van der Waals surface area contributed by atoms with Crippen LogP contribution in [0, 0.1) is 22.7 Å². The molecule has 1 aromatic heterocycles. The summed E-state index contributed by atoms with van der Waals surface area (Å²) < 4.78 is 2.57. The predicted molar refractivity (Wildman–Crippen MR) is 74.8 cm³/mol. The van der Waals surface area contributed by atoms with Gasteiger partial charge in [0.2, 0.25) is 0 Å². The Labute approximate surface area is 120 Å². The summed E-state index contributed by atoms with van der Waals surface area (Å²) in [4.78, 5) is 12.4. The van der Waals surface area contributed by atoms with Crippen molar-refractivity contribution in [2.45, 2.75) is 19.9 Å². The second-order valence-electron chi connectivity index (χ2n) is 4.17. The van der Waals surface area contributed by atoms with Gasteiger partial charge in [-0.25, -0.2) is 4.79 Å². The first-order valence-corrected chi connectivity index (χ1v) is 6.43. The number of hydrogen-bond acceptors (Lipinski definition) is 3. The van der Waals surface area contributed by atoms with E-state index in [1.54, 1.807) is 24.3 Å². The summed E-state index contributed by atoms with van der Waals surface area (Å²) in [5.41, 5.74) is 0.271. The van der Waals surface area contributed by atoms with E-state index in [2.05, 4.69) is 0 Å². The molecule has 0 aliphatic carbocycles. The first kappa shape index (κ1) is 13.9. The fourth-order valence-electron chi connectivity index (χ4n) is 2.02. The van der Waals surface area contributed by atoms with Crippen LogP contribution in [0.3, 0.4) is 0 Å². The lowest BCUT2D eigenvalue weighted by atomic mass is 10.3. The minimum Gasteiger partial charge on any atom is -0.282 e. The summed E-state index contributed by atoms with van der Waals surface area (Å²) in [5.74, 6) is 0. The number of benzene rings is 1. The molecule has 1 aromatic carbocycles. The standard InChI is InChI=1S/C14H11ClN4O/c1-2-7-18-12(8-16)13(9-17)19(14(18)20)11-5-3-10(15)4-6-11/h3-6H,2,7H2,1H3. The number of nitriles is 2. The van der Waals surface area contributed by atoms with Crippen LogP contribution in [-0.2, 0) is 6.54 Å². The third-order valence-electron chi connectivity index (χ3n) is 2.88. The van der Waals surface area contributed by atoms with Crippen molar-refractivity contribution in [3.05, 3.63) is 51.2 Å². The van der Waals surface area contributed by atoms with Crippen molar-refractivity contribution in [2.75, 3.05) is 0 Å². The topological polar surface area (TPSA) is 74.5 Å².